The molecule has 21 heavy (non-hydrogen) atoms. The number of aromatic hydroxyl groups is 1. The summed E-state index contributed by atoms with van der Waals surface area (Å²) < 4.78 is 5.01. The highest BCUT2D eigenvalue weighted by atomic mass is 16.5. The molecule has 1 aliphatic carbocycles. The normalized spacial score (nSPS) is 19.9. The van der Waals surface area contributed by atoms with Gasteiger partial charge >= 0.3 is 0 Å². The average Bonchev–Trinajstić information content (AvgIpc) is 3.27. The molecule has 108 valence electrons. The number of amides is 1. The summed E-state index contributed by atoms with van der Waals surface area (Å²) in [6.45, 7) is 0. The molecule has 0 bridgehead atoms. The molecule has 2 atom stereocenters. The van der Waals surface area contributed by atoms with Crippen LogP contribution < -0.4 is 10.1 Å². The minimum atomic E-state index is -0.251. The van der Waals surface area contributed by atoms with Gasteiger partial charge in [-0.2, -0.15) is 0 Å². The van der Waals surface area contributed by atoms with Crippen LogP contribution in [-0.2, 0) is 0 Å². The van der Waals surface area contributed by atoms with E-state index in [0.29, 0.717) is 11.7 Å². The summed E-state index contributed by atoms with van der Waals surface area (Å²) in [7, 11) is 1.52. The van der Waals surface area contributed by atoms with Gasteiger partial charge < -0.3 is 15.2 Å². The molecule has 0 saturated heterocycles. The van der Waals surface area contributed by atoms with Crippen molar-refractivity contribution in [1.29, 1.82) is 0 Å². The first-order valence-electron chi connectivity index (χ1n) is 6.92. The molecular formula is C17H17NO3. The number of carbonyl (C=O) groups excluding carboxylic acids is 1. The van der Waals surface area contributed by atoms with E-state index in [1.54, 1.807) is 12.1 Å². The topological polar surface area (TPSA) is 58.6 Å². The van der Waals surface area contributed by atoms with Crippen molar-refractivity contribution >= 4 is 5.91 Å². The Morgan fingerprint density at radius 1 is 1.24 bits per heavy atom. The van der Waals surface area contributed by atoms with Gasteiger partial charge in [-0.15, -0.1) is 0 Å². The lowest BCUT2D eigenvalue weighted by molar-refractivity contribution is 0.0947. The Hall–Kier alpha value is -2.49. The highest BCUT2D eigenvalue weighted by molar-refractivity contribution is 5.97. The molecule has 0 spiro atoms. The summed E-state index contributed by atoms with van der Waals surface area (Å²) in [4.78, 5) is 12.2. The van der Waals surface area contributed by atoms with Gasteiger partial charge in [0.2, 0.25) is 0 Å². The van der Waals surface area contributed by atoms with Gasteiger partial charge in [-0.1, -0.05) is 30.3 Å². The van der Waals surface area contributed by atoms with Crippen LogP contribution in [0.4, 0.5) is 0 Å². The number of hydrogen-bond donors (Lipinski definition) is 2. The van der Waals surface area contributed by atoms with E-state index in [4.69, 9.17) is 4.74 Å². The molecule has 2 aromatic rings. The Labute approximate surface area is 123 Å². The number of phenolic OH excluding ortho intramolecular Hbond substituents is 1. The largest absolute Gasteiger partial charge is 0.507 e. The monoisotopic (exact) mass is 283 g/mol. The Balaban J connectivity index is 1.66. The lowest BCUT2D eigenvalue weighted by Crippen LogP contribution is -2.26. The summed E-state index contributed by atoms with van der Waals surface area (Å²) in [5.74, 6) is 0.579. The fourth-order valence-electron chi connectivity index (χ4n) is 2.50. The SMILES string of the molecule is COc1ccc(C(=O)N[C@@H]2C[C@@H]2c2ccccc2)c(O)c1. The number of phenols is 1. The summed E-state index contributed by atoms with van der Waals surface area (Å²) >= 11 is 0. The van der Waals surface area contributed by atoms with Gasteiger partial charge in [0.05, 0.1) is 12.7 Å². The number of benzene rings is 2. The van der Waals surface area contributed by atoms with Crippen molar-refractivity contribution in [3.05, 3.63) is 59.7 Å². The van der Waals surface area contributed by atoms with Crippen molar-refractivity contribution in [3.63, 3.8) is 0 Å². The minimum Gasteiger partial charge on any atom is -0.507 e. The van der Waals surface area contributed by atoms with Crippen LogP contribution in [0.2, 0.25) is 0 Å². The first-order valence-corrected chi connectivity index (χ1v) is 6.92. The van der Waals surface area contributed by atoms with Gasteiger partial charge in [0.25, 0.3) is 5.91 Å². The molecule has 0 heterocycles. The molecule has 0 aromatic heterocycles. The van der Waals surface area contributed by atoms with Crippen molar-refractivity contribution in [3.8, 4) is 11.5 Å². The van der Waals surface area contributed by atoms with Gasteiger partial charge in [-0.05, 0) is 24.1 Å². The van der Waals surface area contributed by atoms with Crippen molar-refractivity contribution in [1.82, 2.24) is 5.32 Å². The zero-order chi connectivity index (χ0) is 14.8. The summed E-state index contributed by atoms with van der Waals surface area (Å²) in [6.07, 6.45) is 0.937. The number of carbonyl (C=O) groups is 1. The molecule has 1 amide bonds. The van der Waals surface area contributed by atoms with Crippen LogP contribution in [-0.4, -0.2) is 24.2 Å². The quantitative estimate of drug-likeness (QED) is 0.907. The van der Waals surface area contributed by atoms with E-state index in [0.717, 1.165) is 6.42 Å². The van der Waals surface area contributed by atoms with Gasteiger partial charge in [0, 0.05) is 18.0 Å². The summed E-state index contributed by atoms with van der Waals surface area (Å²) in [6, 6.07) is 14.9. The Kier molecular flexibility index (Phi) is 3.52. The standard InChI is InChI=1S/C17H17NO3/c1-21-12-7-8-13(16(19)9-12)17(20)18-15-10-14(15)11-5-3-2-4-6-11/h2-9,14-15,19H,10H2,1H3,(H,18,20)/t14-,15-/m1/s1. The zero-order valence-electron chi connectivity index (χ0n) is 11.7. The van der Waals surface area contributed by atoms with Gasteiger partial charge in [0.15, 0.2) is 0 Å². The fraction of sp³-hybridized carbons (Fsp3) is 0.235. The highest BCUT2D eigenvalue weighted by Crippen LogP contribution is 2.41. The van der Waals surface area contributed by atoms with E-state index in [9.17, 15) is 9.90 Å². The summed E-state index contributed by atoms with van der Waals surface area (Å²) in [5.41, 5.74) is 1.51. The molecule has 1 aliphatic rings. The number of nitrogens with one attached hydrogen (secondary N) is 1. The van der Waals surface area contributed by atoms with Crippen LogP contribution in [0.3, 0.4) is 0 Å². The Morgan fingerprint density at radius 3 is 2.67 bits per heavy atom. The van der Waals surface area contributed by atoms with Gasteiger partial charge in [0.1, 0.15) is 11.5 Å². The lowest BCUT2D eigenvalue weighted by atomic mass is 10.1. The molecule has 4 heteroatoms. The third-order valence-electron chi connectivity index (χ3n) is 3.78. The van der Waals surface area contributed by atoms with Crippen molar-refractivity contribution < 1.29 is 14.6 Å². The summed E-state index contributed by atoms with van der Waals surface area (Å²) in [5, 5.41) is 12.8. The fourth-order valence-corrected chi connectivity index (χ4v) is 2.50. The Bertz CT molecular complexity index is 654. The van der Waals surface area contributed by atoms with Gasteiger partial charge in [-0.25, -0.2) is 0 Å². The smallest absolute Gasteiger partial charge is 0.255 e. The maximum absolute atomic E-state index is 12.2. The zero-order valence-corrected chi connectivity index (χ0v) is 11.7. The third kappa shape index (κ3) is 2.84. The maximum atomic E-state index is 12.2. The molecule has 4 nitrogen and oxygen atoms in total. The van der Waals surface area contributed by atoms with E-state index < -0.39 is 0 Å². The molecule has 2 aromatic carbocycles. The van der Waals surface area contributed by atoms with Crippen LogP contribution in [0.15, 0.2) is 48.5 Å². The van der Waals surface area contributed by atoms with Gasteiger partial charge in [-0.3, -0.25) is 4.79 Å². The predicted molar refractivity (Wildman–Crippen MR) is 79.7 cm³/mol. The number of hydrogen-bond acceptors (Lipinski definition) is 3. The lowest BCUT2D eigenvalue weighted by Gasteiger charge is -2.08. The van der Waals surface area contributed by atoms with Crippen molar-refractivity contribution in [2.75, 3.05) is 7.11 Å². The third-order valence-corrected chi connectivity index (χ3v) is 3.78. The van der Waals surface area contributed by atoms with Crippen LogP contribution in [0.5, 0.6) is 11.5 Å². The van der Waals surface area contributed by atoms with E-state index >= 15 is 0 Å². The van der Waals surface area contributed by atoms with Crippen molar-refractivity contribution in [2.45, 2.75) is 18.4 Å². The number of rotatable bonds is 4. The number of methoxy groups -OCH3 is 1. The predicted octanol–water partition coefficient (Wildman–Crippen LogP) is 2.69. The molecule has 2 N–H and O–H groups in total. The van der Waals surface area contributed by atoms with E-state index in [-0.39, 0.29) is 23.3 Å². The molecule has 1 saturated carbocycles. The number of ether oxygens (including phenoxy) is 1. The molecule has 0 aliphatic heterocycles. The second-order valence-corrected chi connectivity index (χ2v) is 5.22. The molecule has 0 radical (unpaired) electrons. The maximum Gasteiger partial charge on any atom is 0.255 e. The Morgan fingerprint density at radius 2 is 2.00 bits per heavy atom. The van der Waals surface area contributed by atoms with Crippen molar-refractivity contribution in [2.24, 2.45) is 0 Å². The highest BCUT2D eigenvalue weighted by Gasteiger charge is 2.39. The molecular weight excluding hydrogens is 266 g/mol. The minimum absolute atomic E-state index is 0.0660. The van der Waals surface area contributed by atoms with Crippen LogP contribution in [0.25, 0.3) is 0 Å². The molecule has 3 rings (SSSR count). The van der Waals surface area contributed by atoms with E-state index in [1.807, 2.05) is 18.2 Å². The molecule has 1 fully saturated rings. The van der Waals surface area contributed by atoms with Crippen LogP contribution >= 0.6 is 0 Å². The average molecular weight is 283 g/mol. The van der Waals surface area contributed by atoms with E-state index in [2.05, 4.69) is 17.4 Å². The van der Waals surface area contributed by atoms with Crippen LogP contribution in [0, 0.1) is 0 Å². The second-order valence-electron chi connectivity index (χ2n) is 5.22. The van der Waals surface area contributed by atoms with Crippen LogP contribution in [0.1, 0.15) is 28.3 Å². The first kappa shape index (κ1) is 13.5. The molecule has 0 unspecified atom stereocenters. The second kappa shape index (κ2) is 5.48. The van der Waals surface area contributed by atoms with E-state index in [1.165, 1.54) is 18.7 Å². The first-order chi connectivity index (χ1) is 10.2.